The van der Waals surface area contributed by atoms with Crippen LogP contribution in [0, 0.1) is 11.8 Å². The van der Waals surface area contributed by atoms with Crippen LogP contribution in [-0.4, -0.2) is 60.9 Å². The molecule has 1 aromatic carbocycles. The van der Waals surface area contributed by atoms with Gasteiger partial charge in [-0.25, -0.2) is 0 Å². The van der Waals surface area contributed by atoms with Crippen LogP contribution in [-0.2, 0) is 13.1 Å². The van der Waals surface area contributed by atoms with Gasteiger partial charge in [0.05, 0.1) is 12.2 Å². The number of nitrogens with zero attached hydrogens (tertiary/aromatic N) is 4. The van der Waals surface area contributed by atoms with Crippen LogP contribution in [0.4, 0.5) is 0 Å². The van der Waals surface area contributed by atoms with E-state index in [1.54, 1.807) is 0 Å². The summed E-state index contributed by atoms with van der Waals surface area (Å²) in [6.45, 7) is 14.5. The third kappa shape index (κ3) is 6.60. The molecule has 0 spiro atoms. The summed E-state index contributed by atoms with van der Waals surface area (Å²) in [4.78, 5) is 8.89. The Labute approximate surface area is 199 Å². The lowest BCUT2D eigenvalue weighted by Crippen LogP contribution is -2.41. The second-order valence-corrected chi connectivity index (χ2v) is 8.98. The lowest BCUT2D eigenvalue weighted by atomic mass is 10.0. The second-order valence-electron chi connectivity index (χ2n) is 8.98. The van der Waals surface area contributed by atoms with Crippen LogP contribution < -0.4 is 5.32 Å². The molecule has 0 radical (unpaired) electrons. The maximum atomic E-state index is 3.94. The number of aromatic nitrogens is 1. The first-order chi connectivity index (χ1) is 15.9. The molecule has 2 aromatic rings. The zero-order valence-corrected chi connectivity index (χ0v) is 21.0. The highest BCUT2D eigenvalue weighted by molar-refractivity contribution is 5.83. The minimum absolute atomic E-state index is 0.583. The van der Waals surface area contributed by atoms with Crippen LogP contribution in [0.15, 0.2) is 52.8 Å². The number of nitrogens with one attached hydrogen (secondary N) is 1. The van der Waals surface area contributed by atoms with E-state index in [2.05, 4.69) is 88.5 Å². The van der Waals surface area contributed by atoms with E-state index < -0.39 is 0 Å². The van der Waals surface area contributed by atoms with Crippen LogP contribution >= 0.6 is 0 Å². The van der Waals surface area contributed by atoms with Gasteiger partial charge in [0.15, 0.2) is 0 Å². The molecule has 0 saturated carbocycles. The number of benzene rings is 1. The molecule has 1 aliphatic heterocycles. The zero-order chi connectivity index (χ0) is 23.8. The maximum Gasteiger partial charge on any atom is 0.0931 e. The summed E-state index contributed by atoms with van der Waals surface area (Å²) >= 11 is 0. The summed E-state index contributed by atoms with van der Waals surface area (Å²) in [6.07, 6.45) is 6.50. The first-order valence-electron chi connectivity index (χ1n) is 12.0. The van der Waals surface area contributed by atoms with E-state index in [1.807, 2.05) is 26.0 Å². The Morgan fingerprint density at radius 2 is 2.03 bits per heavy atom. The topological polar surface area (TPSA) is 35.8 Å². The largest absolute Gasteiger partial charge is 0.374 e. The molecule has 0 amide bonds. The summed E-state index contributed by atoms with van der Waals surface area (Å²) in [6, 6.07) is 9.84. The lowest BCUT2D eigenvalue weighted by Gasteiger charge is -2.35. The van der Waals surface area contributed by atoms with Crippen molar-refractivity contribution in [1.29, 1.82) is 0 Å². The number of likely N-dealkylation sites (tertiary alicyclic amines) is 1. The molecule has 33 heavy (non-hydrogen) atoms. The van der Waals surface area contributed by atoms with E-state index in [0.717, 1.165) is 36.2 Å². The highest BCUT2D eigenvalue weighted by Gasteiger charge is 2.20. The molecule has 0 aliphatic carbocycles. The van der Waals surface area contributed by atoms with Gasteiger partial charge in [-0.1, -0.05) is 18.1 Å². The molecule has 1 aliphatic rings. The van der Waals surface area contributed by atoms with E-state index in [-0.39, 0.29) is 0 Å². The Morgan fingerprint density at radius 1 is 1.27 bits per heavy atom. The second kappa shape index (κ2) is 11.9. The molecule has 3 rings (SSSR count). The number of allylic oxidation sites excluding steroid dienone is 3. The standard InChI is InChI=1S/C28H39N5/c1-7-25(18-22(3)29-4)30-15-9-10-27-20-24-19-23(11-12-28(24)33(27)8-2)21-32-16-13-26(14-17-32)31(5)6/h7,11-12,18-20,26,30H,4,8,13-17,21H2,1-3,5-6H3/b22-18-,25-7+. The molecule has 5 heteroatoms. The number of hydrogen-bond donors (Lipinski definition) is 1. The van der Waals surface area contributed by atoms with Crippen LogP contribution in [0.5, 0.6) is 0 Å². The lowest BCUT2D eigenvalue weighted by molar-refractivity contribution is 0.140. The third-order valence-electron chi connectivity index (χ3n) is 6.50. The van der Waals surface area contributed by atoms with Gasteiger partial charge in [0, 0.05) is 41.4 Å². The fourth-order valence-electron chi connectivity index (χ4n) is 4.50. The van der Waals surface area contributed by atoms with Gasteiger partial charge in [-0.3, -0.25) is 9.89 Å². The van der Waals surface area contributed by atoms with E-state index in [9.17, 15) is 0 Å². The molecular weight excluding hydrogens is 406 g/mol. The number of fused-ring (bicyclic) bond motifs is 1. The van der Waals surface area contributed by atoms with E-state index in [1.165, 1.54) is 42.4 Å². The average molecular weight is 446 g/mol. The molecule has 1 saturated heterocycles. The number of rotatable bonds is 8. The third-order valence-corrected chi connectivity index (χ3v) is 6.50. The highest BCUT2D eigenvalue weighted by Crippen LogP contribution is 2.23. The average Bonchev–Trinajstić information content (AvgIpc) is 3.17. The quantitative estimate of drug-likeness (QED) is 0.365. The van der Waals surface area contributed by atoms with Crippen molar-refractivity contribution in [2.24, 2.45) is 4.99 Å². The number of aliphatic imine (C=N–C) groups is 1. The van der Waals surface area contributed by atoms with Gasteiger partial charge in [-0.15, -0.1) is 0 Å². The Bertz CT molecular complexity index is 1070. The Kier molecular flexibility index (Phi) is 8.94. The van der Waals surface area contributed by atoms with Crippen molar-refractivity contribution in [3.63, 3.8) is 0 Å². The predicted molar refractivity (Wildman–Crippen MR) is 142 cm³/mol. The number of hydrogen-bond acceptors (Lipinski definition) is 4. The van der Waals surface area contributed by atoms with Gasteiger partial charge in [-0.05, 0) is 103 Å². The summed E-state index contributed by atoms with van der Waals surface area (Å²) in [5.41, 5.74) is 5.60. The zero-order valence-electron chi connectivity index (χ0n) is 21.0. The molecule has 1 aromatic heterocycles. The van der Waals surface area contributed by atoms with E-state index in [0.29, 0.717) is 6.54 Å². The van der Waals surface area contributed by atoms with Gasteiger partial charge >= 0.3 is 0 Å². The maximum absolute atomic E-state index is 3.94. The summed E-state index contributed by atoms with van der Waals surface area (Å²) in [7, 11) is 4.39. The molecule has 0 atom stereocenters. The van der Waals surface area contributed by atoms with Crippen LogP contribution in [0.25, 0.3) is 10.9 Å². The Hall–Kier alpha value is -2.81. The molecule has 1 N–H and O–H groups in total. The van der Waals surface area contributed by atoms with Crippen LogP contribution in [0.1, 0.15) is 44.9 Å². The van der Waals surface area contributed by atoms with Crippen molar-refractivity contribution in [2.45, 2.75) is 52.7 Å². The number of aryl methyl sites for hydroxylation is 1. The SMILES string of the molecule is C=N/C(C)=C\C(=C/C)NCC#Cc1cc2cc(CN3CCC(N(C)C)CC3)ccc2n1CC. The van der Waals surface area contributed by atoms with Crippen LogP contribution in [0.3, 0.4) is 0 Å². The fraction of sp³-hybridized carbons (Fsp3) is 0.464. The first kappa shape index (κ1) is 24.8. The molecule has 2 heterocycles. The summed E-state index contributed by atoms with van der Waals surface area (Å²) in [5, 5.41) is 4.62. The van der Waals surface area contributed by atoms with E-state index >= 15 is 0 Å². The Morgan fingerprint density at radius 3 is 2.67 bits per heavy atom. The highest BCUT2D eigenvalue weighted by atomic mass is 15.2. The van der Waals surface area contributed by atoms with Crippen molar-refractivity contribution < 1.29 is 0 Å². The molecule has 5 nitrogen and oxygen atoms in total. The van der Waals surface area contributed by atoms with Gasteiger partial charge in [0.2, 0.25) is 0 Å². The fourth-order valence-corrected chi connectivity index (χ4v) is 4.50. The van der Waals surface area contributed by atoms with Gasteiger partial charge in [0.25, 0.3) is 0 Å². The van der Waals surface area contributed by atoms with Crippen molar-refractivity contribution >= 4 is 17.6 Å². The number of piperidine rings is 1. The molecule has 0 unspecified atom stereocenters. The normalized spacial score (nSPS) is 16.2. The van der Waals surface area contributed by atoms with E-state index in [4.69, 9.17) is 0 Å². The minimum atomic E-state index is 0.583. The molecule has 176 valence electrons. The molecule has 0 bridgehead atoms. The van der Waals surface area contributed by atoms with Crippen molar-refractivity contribution in [3.8, 4) is 11.8 Å². The predicted octanol–water partition coefficient (Wildman–Crippen LogP) is 4.64. The summed E-state index contributed by atoms with van der Waals surface area (Å²) in [5.74, 6) is 6.64. The van der Waals surface area contributed by atoms with Crippen molar-refractivity contribution in [3.05, 3.63) is 59.1 Å². The molecular formula is C28H39N5. The Balaban J connectivity index is 1.68. The first-order valence-corrected chi connectivity index (χ1v) is 12.0. The van der Waals surface area contributed by atoms with Crippen molar-refractivity contribution in [1.82, 2.24) is 19.7 Å². The molecule has 1 fully saturated rings. The smallest absolute Gasteiger partial charge is 0.0931 e. The summed E-state index contributed by atoms with van der Waals surface area (Å²) < 4.78 is 2.30. The monoisotopic (exact) mass is 445 g/mol. The van der Waals surface area contributed by atoms with Gasteiger partial charge in [-0.2, -0.15) is 0 Å². The van der Waals surface area contributed by atoms with Crippen molar-refractivity contribution in [2.75, 3.05) is 33.7 Å². The van der Waals surface area contributed by atoms with Gasteiger partial charge < -0.3 is 14.8 Å². The minimum Gasteiger partial charge on any atom is -0.374 e. The van der Waals surface area contributed by atoms with Gasteiger partial charge in [0.1, 0.15) is 0 Å². The van der Waals surface area contributed by atoms with Crippen LogP contribution in [0.2, 0.25) is 0 Å².